The van der Waals surface area contributed by atoms with Crippen molar-refractivity contribution in [2.75, 3.05) is 0 Å². The minimum absolute atomic E-state index is 0.267. The lowest BCUT2D eigenvalue weighted by Crippen LogP contribution is -2.44. The highest BCUT2D eigenvalue weighted by Gasteiger charge is 2.19. The number of carbonyl (C=O) groups excluding carboxylic acids is 2. The second kappa shape index (κ2) is 9.40. The zero-order valence-electron chi connectivity index (χ0n) is 18.3. The van der Waals surface area contributed by atoms with Gasteiger partial charge in [-0.15, -0.1) is 5.10 Å². The van der Waals surface area contributed by atoms with Crippen LogP contribution in [-0.2, 0) is 11.3 Å². The average Bonchev–Trinajstić information content (AvgIpc) is 3.36. The van der Waals surface area contributed by atoms with E-state index in [0.717, 1.165) is 15.9 Å². The zero-order chi connectivity index (χ0) is 24.2. The molecule has 0 fully saturated rings. The molecule has 0 spiro atoms. The average molecular weight is 465 g/mol. The van der Waals surface area contributed by atoms with Crippen LogP contribution in [0.15, 0.2) is 95.9 Å². The van der Waals surface area contributed by atoms with E-state index in [0.29, 0.717) is 16.6 Å². The normalized spacial score (nSPS) is 10.7. The van der Waals surface area contributed by atoms with E-state index < -0.39 is 23.9 Å². The van der Waals surface area contributed by atoms with Crippen molar-refractivity contribution in [1.29, 1.82) is 0 Å². The summed E-state index contributed by atoms with van der Waals surface area (Å²) < 4.78 is 2.54. The molecule has 10 nitrogen and oxygen atoms in total. The summed E-state index contributed by atoms with van der Waals surface area (Å²) in [6, 6.07) is 25.3. The minimum Gasteiger partial charge on any atom is -0.271 e. The second-order valence-electron chi connectivity index (χ2n) is 7.61. The van der Waals surface area contributed by atoms with Crippen LogP contribution in [0.1, 0.15) is 10.4 Å². The standard InChI is InChI=1S/C25H19N7O3/c33-22(16-32-25(35)19-13-7-8-14-21(19)26-30-32)27-28-24(34)20-15-31(18-11-5-2-6-12-18)29-23(20)17-9-3-1-4-10-17/h1-15H,16H2,(H,27,33)(H,28,34). The number of fused-ring (bicyclic) bond motifs is 1. The lowest BCUT2D eigenvalue weighted by Gasteiger charge is -2.08. The first-order chi connectivity index (χ1) is 17.1. The number of amides is 2. The number of rotatable bonds is 5. The molecular weight excluding hydrogens is 446 g/mol. The van der Waals surface area contributed by atoms with Crippen molar-refractivity contribution in [3.63, 3.8) is 0 Å². The van der Waals surface area contributed by atoms with Crippen LogP contribution in [0.4, 0.5) is 0 Å². The lowest BCUT2D eigenvalue weighted by atomic mass is 10.1. The largest absolute Gasteiger partial charge is 0.278 e. The van der Waals surface area contributed by atoms with Crippen LogP contribution in [0, 0.1) is 0 Å². The Hall–Kier alpha value is -5.12. The maximum Gasteiger partial charge on any atom is 0.278 e. The van der Waals surface area contributed by atoms with Crippen molar-refractivity contribution >= 4 is 22.7 Å². The van der Waals surface area contributed by atoms with Gasteiger partial charge in [0.25, 0.3) is 17.4 Å². The maximum absolute atomic E-state index is 13.0. The van der Waals surface area contributed by atoms with Crippen molar-refractivity contribution in [1.82, 2.24) is 35.6 Å². The molecule has 0 aliphatic carbocycles. The molecule has 0 unspecified atom stereocenters. The molecule has 2 aromatic heterocycles. The van der Waals surface area contributed by atoms with Gasteiger partial charge in [-0.1, -0.05) is 65.9 Å². The molecule has 0 aliphatic heterocycles. The molecule has 0 atom stereocenters. The summed E-state index contributed by atoms with van der Waals surface area (Å²) in [5.74, 6) is -1.20. The van der Waals surface area contributed by atoms with Gasteiger partial charge >= 0.3 is 0 Å². The van der Waals surface area contributed by atoms with Crippen molar-refractivity contribution in [3.8, 4) is 16.9 Å². The van der Waals surface area contributed by atoms with Gasteiger partial charge in [-0.3, -0.25) is 25.2 Å². The summed E-state index contributed by atoms with van der Waals surface area (Å²) in [7, 11) is 0. The molecule has 0 saturated carbocycles. The molecule has 35 heavy (non-hydrogen) atoms. The highest BCUT2D eigenvalue weighted by molar-refractivity contribution is 6.00. The van der Waals surface area contributed by atoms with Gasteiger partial charge in [-0.05, 0) is 24.3 Å². The number of aromatic nitrogens is 5. The molecule has 10 heteroatoms. The minimum atomic E-state index is -0.637. The molecule has 5 aromatic rings. The molecule has 172 valence electrons. The van der Waals surface area contributed by atoms with Crippen LogP contribution >= 0.6 is 0 Å². The van der Waals surface area contributed by atoms with Gasteiger partial charge in [-0.2, -0.15) is 5.10 Å². The number of hydrogen-bond donors (Lipinski definition) is 2. The monoisotopic (exact) mass is 465 g/mol. The van der Waals surface area contributed by atoms with Gasteiger partial charge in [0.2, 0.25) is 0 Å². The van der Waals surface area contributed by atoms with E-state index in [9.17, 15) is 14.4 Å². The Kier molecular flexibility index (Phi) is 5.83. The molecule has 0 saturated heterocycles. The van der Waals surface area contributed by atoms with Gasteiger partial charge < -0.3 is 0 Å². The molecule has 0 bridgehead atoms. The Bertz CT molecular complexity index is 1580. The fourth-order valence-electron chi connectivity index (χ4n) is 3.56. The van der Waals surface area contributed by atoms with Crippen LogP contribution in [0.3, 0.4) is 0 Å². The Labute approximate surface area is 198 Å². The highest BCUT2D eigenvalue weighted by atomic mass is 16.2. The van der Waals surface area contributed by atoms with Gasteiger partial charge in [-0.25, -0.2) is 9.36 Å². The molecule has 0 aliphatic rings. The summed E-state index contributed by atoms with van der Waals surface area (Å²) in [5.41, 5.74) is 6.96. The predicted octanol–water partition coefficient (Wildman–Crippen LogP) is 2.11. The summed E-state index contributed by atoms with van der Waals surface area (Å²) in [4.78, 5) is 38.0. The molecule has 2 N–H and O–H groups in total. The van der Waals surface area contributed by atoms with Crippen LogP contribution < -0.4 is 16.4 Å². The topological polar surface area (TPSA) is 124 Å². The van der Waals surface area contributed by atoms with E-state index in [1.165, 1.54) is 0 Å². The van der Waals surface area contributed by atoms with Crippen LogP contribution in [-0.4, -0.2) is 36.6 Å². The number of nitrogens with zero attached hydrogens (tertiary/aromatic N) is 5. The summed E-state index contributed by atoms with van der Waals surface area (Å²) in [6.07, 6.45) is 1.60. The Morgan fingerprint density at radius 2 is 1.51 bits per heavy atom. The van der Waals surface area contributed by atoms with E-state index in [2.05, 4.69) is 26.3 Å². The van der Waals surface area contributed by atoms with E-state index >= 15 is 0 Å². The van der Waals surface area contributed by atoms with Crippen LogP contribution in [0.5, 0.6) is 0 Å². The van der Waals surface area contributed by atoms with Crippen molar-refractivity contribution in [3.05, 3.63) is 107 Å². The summed E-state index contributed by atoms with van der Waals surface area (Å²) in [5, 5.41) is 12.7. The number of hydrogen-bond acceptors (Lipinski definition) is 6. The van der Waals surface area contributed by atoms with Crippen molar-refractivity contribution < 1.29 is 9.59 Å². The number of benzene rings is 3. The Morgan fingerprint density at radius 3 is 2.29 bits per heavy atom. The van der Waals surface area contributed by atoms with Gasteiger partial charge in [0, 0.05) is 11.8 Å². The first-order valence-corrected chi connectivity index (χ1v) is 10.7. The fraction of sp³-hybridized carbons (Fsp3) is 0.0400. The highest BCUT2D eigenvalue weighted by Crippen LogP contribution is 2.23. The first kappa shape index (κ1) is 21.7. The molecule has 5 rings (SSSR count). The first-order valence-electron chi connectivity index (χ1n) is 10.7. The summed E-state index contributed by atoms with van der Waals surface area (Å²) >= 11 is 0. The molecular formula is C25H19N7O3. The van der Waals surface area contributed by atoms with Crippen molar-refractivity contribution in [2.24, 2.45) is 0 Å². The number of hydrazine groups is 1. The number of carbonyl (C=O) groups is 2. The van der Waals surface area contributed by atoms with E-state index in [1.54, 1.807) is 35.1 Å². The third-order valence-electron chi connectivity index (χ3n) is 5.26. The van der Waals surface area contributed by atoms with E-state index in [-0.39, 0.29) is 5.56 Å². The summed E-state index contributed by atoms with van der Waals surface area (Å²) in [6.45, 7) is -0.411. The third-order valence-corrected chi connectivity index (χ3v) is 5.26. The quantitative estimate of drug-likeness (QED) is 0.383. The number of para-hydroxylation sites is 1. The SMILES string of the molecule is O=C(Cn1nnc2ccccc2c1=O)NNC(=O)c1cn(-c2ccccc2)nc1-c1ccccc1. The van der Waals surface area contributed by atoms with Gasteiger partial charge in [0.15, 0.2) is 0 Å². The van der Waals surface area contributed by atoms with Crippen molar-refractivity contribution in [2.45, 2.75) is 6.54 Å². The zero-order valence-corrected chi connectivity index (χ0v) is 18.3. The van der Waals surface area contributed by atoms with Crippen LogP contribution in [0.25, 0.3) is 27.8 Å². The third kappa shape index (κ3) is 4.53. The Morgan fingerprint density at radius 1 is 0.829 bits per heavy atom. The Balaban J connectivity index is 1.35. The molecule has 3 aromatic carbocycles. The van der Waals surface area contributed by atoms with Gasteiger partial charge in [0.05, 0.1) is 16.6 Å². The van der Waals surface area contributed by atoms with Gasteiger partial charge in [0.1, 0.15) is 17.8 Å². The van der Waals surface area contributed by atoms with E-state index in [1.807, 2.05) is 60.7 Å². The smallest absolute Gasteiger partial charge is 0.271 e. The number of nitrogens with one attached hydrogen (secondary N) is 2. The van der Waals surface area contributed by atoms with Crippen LogP contribution in [0.2, 0.25) is 0 Å². The lowest BCUT2D eigenvalue weighted by molar-refractivity contribution is -0.122. The van der Waals surface area contributed by atoms with E-state index in [4.69, 9.17) is 0 Å². The fourth-order valence-corrected chi connectivity index (χ4v) is 3.56. The molecule has 2 amide bonds. The second-order valence-corrected chi connectivity index (χ2v) is 7.61. The predicted molar refractivity (Wildman–Crippen MR) is 128 cm³/mol. The molecule has 0 radical (unpaired) electrons. The molecule has 2 heterocycles. The maximum atomic E-state index is 13.0.